The molecule has 3 aliphatic rings. The molecule has 4 atom stereocenters. The zero-order valence-electron chi connectivity index (χ0n) is 19.1. The number of imide groups is 1. The molecule has 4 unspecified atom stereocenters. The van der Waals surface area contributed by atoms with Gasteiger partial charge in [0.05, 0.1) is 11.8 Å². The SMILES string of the molecule is CN=C(NCCCN1C(=O)C2C3C=CC(C3)C2C1=O)NCc1ccccc1CN(C)C.I. The summed E-state index contributed by atoms with van der Waals surface area (Å²) in [6, 6.07) is 8.39. The Morgan fingerprint density at radius 2 is 1.69 bits per heavy atom. The highest BCUT2D eigenvalue weighted by Gasteiger charge is 2.58. The number of nitrogens with zero attached hydrogens (tertiary/aromatic N) is 3. The number of aliphatic imine (C=N–C) groups is 1. The molecule has 1 aromatic carbocycles. The number of amides is 2. The summed E-state index contributed by atoms with van der Waals surface area (Å²) >= 11 is 0. The smallest absolute Gasteiger partial charge is 0.233 e. The van der Waals surface area contributed by atoms with Gasteiger partial charge in [-0.1, -0.05) is 36.4 Å². The van der Waals surface area contributed by atoms with Crippen molar-refractivity contribution in [3.8, 4) is 0 Å². The molecule has 1 aromatic rings. The van der Waals surface area contributed by atoms with Gasteiger partial charge in [-0.2, -0.15) is 0 Å². The predicted molar refractivity (Wildman–Crippen MR) is 137 cm³/mol. The molecule has 4 rings (SSSR count). The van der Waals surface area contributed by atoms with Crippen LogP contribution >= 0.6 is 24.0 Å². The number of benzene rings is 1. The first kappa shape index (κ1) is 24.7. The zero-order chi connectivity index (χ0) is 22.0. The van der Waals surface area contributed by atoms with Crippen LogP contribution in [0.3, 0.4) is 0 Å². The summed E-state index contributed by atoms with van der Waals surface area (Å²) in [4.78, 5) is 33.4. The van der Waals surface area contributed by atoms with Crippen LogP contribution in [-0.4, -0.2) is 61.8 Å². The zero-order valence-corrected chi connectivity index (χ0v) is 21.4. The van der Waals surface area contributed by atoms with Gasteiger partial charge in [0.1, 0.15) is 0 Å². The molecule has 1 saturated heterocycles. The molecule has 1 saturated carbocycles. The lowest BCUT2D eigenvalue weighted by Gasteiger charge is -2.18. The largest absolute Gasteiger partial charge is 0.356 e. The second kappa shape index (κ2) is 10.8. The molecule has 2 amide bonds. The third-order valence-electron chi connectivity index (χ3n) is 6.69. The van der Waals surface area contributed by atoms with Crippen molar-refractivity contribution in [2.24, 2.45) is 28.7 Å². The maximum absolute atomic E-state index is 12.8. The van der Waals surface area contributed by atoms with Gasteiger partial charge >= 0.3 is 0 Å². The lowest BCUT2D eigenvalue weighted by molar-refractivity contribution is -0.140. The normalized spacial score (nSPS) is 26.0. The Labute approximate surface area is 207 Å². The van der Waals surface area contributed by atoms with Gasteiger partial charge in [-0.3, -0.25) is 19.5 Å². The van der Waals surface area contributed by atoms with Crippen molar-refractivity contribution in [3.05, 3.63) is 47.5 Å². The van der Waals surface area contributed by atoms with E-state index in [2.05, 4.69) is 65.0 Å². The number of hydrogen-bond donors (Lipinski definition) is 2. The Hall–Kier alpha value is -1.94. The second-order valence-corrected chi connectivity index (χ2v) is 9.04. The van der Waals surface area contributed by atoms with Crippen LogP contribution in [0.4, 0.5) is 0 Å². The molecule has 2 bridgehead atoms. The van der Waals surface area contributed by atoms with Crippen LogP contribution in [0.15, 0.2) is 41.4 Å². The molecule has 8 heteroatoms. The highest BCUT2D eigenvalue weighted by atomic mass is 127. The van der Waals surface area contributed by atoms with Crippen LogP contribution in [0.1, 0.15) is 24.0 Å². The number of fused-ring (bicyclic) bond motifs is 5. The van der Waals surface area contributed by atoms with Crippen molar-refractivity contribution in [1.29, 1.82) is 0 Å². The molecule has 2 N–H and O–H groups in total. The molecule has 0 spiro atoms. The number of allylic oxidation sites excluding steroid dienone is 2. The van der Waals surface area contributed by atoms with Crippen LogP contribution in [0.5, 0.6) is 0 Å². The summed E-state index contributed by atoms with van der Waals surface area (Å²) in [5, 5.41) is 6.66. The van der Waals surface area contributed by atoms with Crippen LogP contribution < -0.4 is 10.6 Å². The van der Waals surface area contributed by atoms with Crippen molar-refractivity contribution in [2.75, 3.05) is 34.2 Å². The third-order valence-corrected chi connectivity index (χ3v) is 6.69. The molecule has 0 radical (unpaired) electrons. The number of likely N-dealkylation sites (tertiary alicyclic amines) is 1. The standard InChI is InChI=1S/C24H33N5O2.HI/c1-25-24(27-14-18-7-4-5-8-19(18)15-28(2)3)26-11-6-12-29-22(30)20-16-9-10-17(13-16)21(20)23(29)31;/h4-5,7-10,16-17,20-21H,6,11-15H2,1-3H3,(H2,25,26,27);1H. The van der Waals surface area contributed by atoms with E-state index in [9.17, 15) is 9.59 Å². The molecule has 1 heterocycles. The van der Waals surface area contributed by atoms with Gasteiger partial charge in [0.2, 0.25) is 11.8 Å². The van der Waals surface area contributed by atoms with E-state index in [4.69, 9.17) is 0 Å². The Morgan fingerprint density at radius 3 is 2.28 bits per heavy atom. The Bertz CT molecular complexity index is 870. The Morgan fingerprint density at radius 1 is 1.06 bits per heavy atom. The average Bonchev–Trinajstić information content (AvgIpc) is 3.43. The van der Waals surface area contributed by atoms with Gasteiger partial charge in [-0.15, -0.1) is 24.0 Å². The first-order valence-corrected chi connectivity index (χ1v) is 11.2. The molecule has 32 heavy (non-hydrogen) atoms. The van der Waals surface area contributed by atoms with E-state index in [1.165, 1.54) is 16.0 Å². The average molecular weight is 551 g/mol. The van der Waals surface area contributed by atoms with E-state index in [0.29, 0.717) is 26.1 Å². The van der Waals surface area contributed by atoms with Gasteiger partial charge in [0, 0.05) is 33.2 Å². The van der Waals surface area contributed by atoms with E-state index in [-0.39, 0.29) is 59.5 Å². The summed E-state index contributed by atoms with van der Waals surface area (Å²) in [6.45, 7) is 2.70. The number of rotatable bonds is 8. The predicted octanol–water partition coefficient (Wildman–Crippen LogP) is 2.23. The number of halogens is 1. The summed E-state index contributed by atoms with van der Waals surface area (Å²) in [7, 11) is 5.88. The maximum Gasteiger partial charge on any atom is 0.233 e. The molecule has 1 aliphatic heterocycles. The molecule has 2 aliphatic carbocycles. The van der Waals surface area contributed by atoms with Crippen molar-refractivity contribution < 1.29 is 9.59 Å². The van der Waals surface area contributed by atoms with Gasteiger partial charge in [0.25, 0.3) is 0 Å². The highest BCUT2D eigenvalue weighted by molar-refractivity contribution is 14.0. The summed E-state index contributed by atoms with van der Waals surface area (Å²) < 4.78 is 0. The van der Waals surface area contributed by atoms with Crippen molar-refractivity contribution >= 4 is 41.8 Å². The first-order chi connectivity index (χ1) is 15.0. The maximum atomic E-state index is 12.8. The third kappa shape index (κ3) is 5.01. The van der Waals surface area contributed by atoms with Crippen molar-refractivity contribution in [2.45, 2.75) is 25.9 Å². The Kier molecular flexibility index (Phi) is 8.32. The van der Waals surface area contributed by atoms with E-state index in [1.807, 2.05) is 6.07 Å². The van der Waals surface area contributed by atoms with Gasteiger partial charge in [-0.25, -0.2) is 0 Å². The quantitative estimate of drug-likeness (QED) is 0.130. The number of carbonyl (C=O) groups excluding carboxylic acids is 2. The van der Waals surface area contributed by atoms with Crippen molar-refractivity contribution in [1.82, 2.24) is 20.4 Å². The Balaban J connectivity index is 0.00000289. The monoisotopic (exact) mass is 551 g/mol. The van der Waals surface area contributed by atoms with Crippen LogP contribution in [-0.2, 0) is 22.7 Å². The topological polar surface area (TPSA) is 77.0 Å². The molecule has 174 valence electrons. The lowest BCUT2D eigenvalue weighted by Crippen LogP contribution is -2.39. The molecular formula is C24H34IN5O2. The number of hydrogen-bond acceptors (Lipinski definition) is 4. The fourth-order valence-corrected chi connectivity index (χ4v) is 5.25. The molecule has 7 nitrogen and oxygen atoms in total. The first-order valence-electron chi connectivity index (χ1n) is 11.2. The highest BCUT2D eigenvalue weighted by Crippen LogP contribution is 2.52. The molecule has 0 aromatic heterocycles. The van der Waals surface area contributed by atoms with Crippen LogP contribution in [0.2, 0.25) is 0 Å². The van der Waals surface area contributed by atoms with Gasteiger partial charge in [-0.05, 0) is 49.9 Å². The van der Waals surface area contributed by atoms with Crippen LogP contribution in [0.25, 0.3) is 0 Å². The number of carbonyl (C=O) groups is 2. The van der Waals surface area contributed by atoms with Crippen molar-refractivity contribution in [3.63, 3.8) is 0 Å². The minimum atomic E-state index is -0.105. The van der Waals surface area contributed by atoms with Gasteiger partial charge in [0.15, 0.2) is 5.96 Å². The van der Waals surface area contributed by atoms with Crippen LogP contribution in [0, 0.1) is 23.7 Å². The fraction of sp³-hybridized carbons (Fsp3) is 0.542. The molecule has 2 fully saturated rings. The minimum absolute atomic E-state index is 0. The lowest BCUT2D eigenvalue weighted by atomic mass is 9.85. The second-order valence-electron chi connectivity index (χ2n) is 9.04. The molecular weight excluding hydrogens is 517 g/mol. The van der Waals surface area contributed by atoms with E-state index in [1.54, 1.807) is 7.05 Å². The fourth-order valence-electron chi connectivity index (χ4n) is 5.25. The number of nitrogens with one attached hydrogen (secondary N) is 2. The summed E-state index contributed by atoms with van der Waals surface area (Å²) in [5.74, 6) is 1.12. The van der Waals surface area contributed by atoms with Gasteiger partial charge < -0.3 is 15.5 Å². The van der Waals surface area contributed by atoms with E-state index < -0.39 is 0 Å². The van der Waals surface area contributed by atoms with E-state index >= 15 is 0 Å². The minimum Gasteiger partial charge on any atom is -0.356 e. The van der Waals surface area contributed by atoms with E-state index in [0.717, 1.165) is 18.9 Å². The summed E-state index contributed by atoms with van der Waals surface area (Å²) in [5.41, 5.74) is 2.53. The summed E-state index contributed by atoms with van der Waals surface area (Å²) in [6.07, 6.45) is 5.95. The number of guanidine groups is 1.